The topological polar surface area (TPSA) is 86.3 Å². The first-order valence-corrected chi connectivity index (χ1v) is 8.76. The molecule has 25 heavy (non-hydrogen) atoms. The van der Waals surface area contributed by atoms with Gasteiger partial charge in [0, 0.05) is 44.6 Å². The van der Waals surface area contributed by atoms with E-state index in [1.807, 2.05) is 27.8 Å². The van der Waals surface area contributed by atoms with E-state index in [1.165, 1.54) is 0 Å². The number of nitrogens with two attached hydrogens (primary N) is 1. The standard InChI is InChI=1S/C18H25N5O2/c19-17-12-15(5-6-21-17)3-4-16-13-23(10-11-25-16)18(24)2-1-8-22-9-7-20-14-22/h5-7,9,12,14,16H,1-4,8,10-11,13H2,(H2,19,21)/t16-/m0/s1. The second kappa shape index (κ2) is 8.62. The summed E-state index contributed by atoms with van der Waals surface area (Å²) in [5.74, 6) is 0.748. The van der Waals surface area contributed by atoms with Gasteiger partial charge in [-0.25, -0.2) is 9.97 Å². The molecule has 2 aromatic rings. The predicted octanol–water partition coefficient (Wildman–Crippen LogP) is 1.50. The number of amides is 1. The number of rotatable bonds is 7. The van der Waals surface area contributed by atoms with Gasteiger partial charge < -0.3 is 19.9 Å². The van der Waals surface area contributed by atoms with Crippen LogP contribution in [-0.4, -0.2) is 51.1 Å². The quantitative estimate of drug-likeness (QED) is 0.823. The number of aromatic nitrogens is 3. The molecule has 0 aromatic carbocycles. The number of aryl methyl sites for hydroxylation is 2. The third kappa shape index (κ3) is 5.29. The van der Waals surface area contributed by atoms with Crippen LogP contribution >= 0.6 is 0 Å². The van der Waals surface area contributed by atoms with Crippen molar-refractivity contribution in [1.29, 1.82) is 0 Å². The summed E-state index contributed by atoms with van der Waals surface area (Å²) in [5.41, 5.74) is 6.86. The van der Waals surface area contributed by atoms with Crippen LogP contribution in [0.1, 0.15) is 24.8 Å². The number of anilines is 1. The summed E-state index contributed by atoms with van der Waals surface area (Å²) >= 11 is 0. The number of imidazole rings is 1. The minimum Gasteiger partial charge on any atom is -0.384 e. The van der Waals surface area contributed by atoms with E-state index in [-0.39, 0.29) is 12.0 Å². The molecule has 0 radical (unpaired) electrons. The van der Waals surface area contributed by atoms with Gasteiger partial charge in [0.1, 0.15) is 5.82 Å². The van der Waals surface area contributed by atoms with Crippen molar-refractivity contribution in [1.82, 2.24) is 19.4 Å². The van der Waals surface area contributed by atoms with Crippen molar-refractivity contribution in [3.8, 4) is 0 Å². The normalized spacial score (nSPS) is 17.6. The molecule has 0 unspecified atom stereocenters. The maximum Gasteiger partial charge on any atom is 0.222 e. The van der Waals surface area contributed by atoms with E-state index in [4.69, 9.17) is 10.5 Å². The maximum absolute atomic E-state index is 12.4. The third-order valence-electron chi connectivity index (χ3n) is 4.46. The van der Waals surface area contributed by atoms with E-state index in [0.29, 0.717) is 31.9 Å². The molecule has 0 spiro atoms. The second-order valence-corrected chi connectivity index (χ2v) is 6.36. The molecule has 3 heterocycles. The van der Waals surface area contributed by atoms with Crippen LogP contribution in [-0.2, 0) is 22.5 Å². The molecular formula is C18H25N5O2. The second-order valence-electron chi connectivity index (χ2n) is 6.36. The van der Waals surface area contributed by atoms with E-state index >= 15 is 0 Å². The molecule has 134 valence electrons. The van der Waals surface area contributed by atoms with Gasteiger partial charge >= 0.3 is 0 Å². The summed E-state index contributed by atoms with van der Waals surface area (Å²) in [6, 6.07) is 3.86. The molecule has 1 atom stereocenters. The zero-order chi connectivity index (χ0) is 17.5. The molecule has 1 amide bonds. The Hall–Kier alpha value is -2.41. The Kier molecular flexibility index (Phi) is 6.00. The lowest BCUT2D eigenvalue weighted by Crippen LogP contribution is -2.45. The van der Waals surface area contributed by atoms with Crippen molar-refractivity contribution in [3.05, 3.63) is 42.6 Å². The summed E-state index contributed by atoms with van der Waals surface area (Å²) in [4.78, 5) is 22.4. The van der Waals surface area contributed by atoms with Crippen LogP contribution in [0.3, 0.4) is 0 Å². The third-order valence-corrected chi connectivity index (χ3v) is 4.46. The lowest BCUT2D eigenvalue weighted by Gasteiger charge is -2.33. The van der Waals surface area contributed by atoms with E-state index < -0.39 is 0 Å². The maximum atomic E-state index is 12.4. The molecule has 2 aromatic heterocycles. The van der Waals surface area contributed by atoms with Crippen molar-refractivity contribution in [2.45, 2.75) is 38.3 Å². The Morgan fingerprint density at radius 2 is 2.32 bits per heavy atom. The van der Waals surface area contributed by atoms with Gasteiger partial charge in [-0.1, -0.05) is 0 Å². The zero-order valence-electron chi connectivity index (χ0n) is 14.4. The molecule has 7 heteroatoms. The number of carbonyl (C=O) groups excluding carboxylic acids is 1. The van der Waals surface area contributed by atoms with Gasteiger partial charge in [0.25, 0.3) is 0 Å². The fourth-order valence-corrected chi connectivity index (χ4v) is 3.09. The summed E-state index contributed by atoms with van der Waals surface area (Å²) in [5, 5.41) is 0. The molecular weight excluding hydrogens is 318 g/mol. The van der Waals surface area contributed by atoms with Crippen molar-refractivity contribution < 1.29 is 9.53 Å². The Balaban J connectivity index is 1.41. The van der Waals surface area contributed by atoms with Gasteiger partial charge in [0.05, 0.1) is 19.0 Å². The Bertz CT molecular complexity index is 674. The molecule has 1 aliphatic rings. The van der Waals surface area contributed by atoms with Crippen LogP contribution in [0.15, 0.2) is 37.1 Å². The monoisotopic (exact) mass is 343 g/mol. The minimum absolute atomic E-state index is 0.0840. The Labute approximate surface area is 147 Å². The first-order valence-electron chi connectivity index (χ1n) is 8.76. The molecule has 1 aliphatic heterocycles. The SMILES string of the molecule is Nc1cc(CC[C@H]2CN(C(=O)CCCn3ccnc3)CCO2)ccn1. The van der Waals surface area contributed by atoms with Crippen molar-refractivity contribution in [3.63, 3.8) is 0 Å². The van der Waals surface area contributed by atoms with E-state index in [0.717, 1.165) is 31.4 Å². The highest BCUT2D eigenvalue weighted by atomic mass is 16.5. The number of carbonyl (C=O) groups is 1. The van der Waals surface area contributed by atoms with Gasteiger partial charge in [-0.05, 0) is 37.0 Å². The van der Waals surface area contributed by atoms with Crippen molar-refractivity contribution >= 4 is 11.7 Å². The van der Waals surface area contributed by atoms with Gasteiger partial charge in [-0.3, -0.25) is 4.79 Å². The van der Waals surface area contributed by atoms with Crippen molar-refractivity contribution in [2.75, 3.05) is 25.4 Å². The number of nitrogen functional groups attached to an aromatic ring is 1. The van der Waals surface area contributed by atoms with Crippen LogP contribution in [0.2, 0.25) is 0 Å². The van der Waals surface area contributed by atoms with Gasteiger partial charge in [0.2, 0.25) is 5.91 Å². The number of morpholine rings is 1. The summed E-state index contributed by atoms with van der Waals surface area (Å²) in [7, 11) is 0. The average molecular weight is 343 g/mol. The highest BCUT2D eigenvalue weighted by Gasteiger charge is 2.23. The molecule has 3 rings (SSSR count). The van der Waals surface area contributed by atoms with Gasteiger partial charge in [-0.15, -0.1) is 0 Å². The minimum atomic E-state index is 0.0840. The Morgan fingerprint density at radius 3 is 3.12 bits per heavy atom. The summed E-state index contributed by atoms with van der Waals surface area (Å²) in [6.07, 6.45) is 10.4. The van der Waals surface area contributed by atoms with Crippen LogP contribution < -0.4 is 5.73 Å². The fourth-order valence-electron chi connectivity index (χ4n) is 3.09. The highest BCUT2D eigenvalue weighted by molar-refractivity contribution is 5.76. The van der Waals surface area contributed by atoms with E-state index in [1.54, 1.807) is 18.7 Å². The number of ether oxygens (including phenoxy) is 1. The van der Waals surface area contributed by atoms with Gasteiger partial charge in [0.15, 0.2) is 0 Å². The highest BCUT2D eigenvalue weighted by Crippen LogP contribution is 2.14. The molecule has 0 saturated carbocycles. The molecule has 1 saturated heterocycles. The van der Waals surface area contributed by atoms with Crippen molar-refractivity contribution in [2.24, 2.45) is 0 Å². The predicted molar refractivity (Wildman–Crippen MR) is 94.8 cm³/mol. The van der Waals surface area contributed by atoms with Crippen LogP contribution in [0.25, 0.3) is 0 Å². The van der Waals surface area contributed by atoms with E-state index in [2.05, 4.69) is 9.97 Å². The largest absolute Gasteiger partial charge is 0.384 e. The summed E-state index contributed by atoms with van der Waals surface area (Å²) in [6.45, 7) is 2.78. The molecule has 7 nitrogen and oxygen atoms in total. The first-order chi connectivity index (χ1) is 12.2. The van der Waals surface area contributed by atoms with Crippen LogP contribution in [0.4, 0.5) is 5.82 Å². The lowest BCUT2D eigenvalue weighted by atomic mass is 10.1. The number of pyridine rings is 1. The molecule has 0 bridgehead atoms. The first kappa shape index (κ1) is 17.4. The van der Waals surface area contributed by atoms with Gasteiger partial charge in [-0.2, -0.15) is 0 Å². The van der Waals surface area contributed by atoms with E-state index in [9.17, 15) is 4.79 Å². The van der Waals surface area contributed by atoms with Crippen LogP contribution in [0, 0.1) is 0 Å². The lowest BCUT2D eigenvalue weighted by molar-refractivity contribution is -0.139. The summed E-state index contributed by atoms with van der Waals surface area (Å²) < 4.78 is 7.82. The molecule has 0 aliphatic carbocycles. The number of hydrogen-bond donors (Lipinski definition) is 1. The number of nitrogens with zero attached hydrogens (tertiary/aromatic N) is 4. The smallest absolute Gasteiger partial charge is 0.222 e. The molecule has 1 fully saturated rings. The molecule has 2 N–H and O–H groups in total. The fraction of sp³-hybridized carbons (Fsp3) is 0.500. The van der Waals surface area contributed by atoms with Crippen LogP contribution in [0.5, 0.6) is 0 Å². The number of hydrogen-bond acceptors (Lipinski definition) is 5. The zero-order valence-corrected chi connectivity index (χ0v) is 14.4. The average Bonchev–Trinajstić information content (AvgIpc) is 3.14. The Morgan fingerprint density at radius 1 is 1.40 bits per heavy atom.